The number of benzene rings is 1. The van der Waals surface area contributed by atoms with E-state index < -0.39 is 0 Å². The molecule has 4 heteroatoms. The average Bonchev–Trinajstić information content (AvgIpc) is 3.22. The van der Waals surface area contributed by atoms with Gasteiger partial charge in [-0.15, -0.1) is 0 Å². The van der Waals surface area contributed by atoms with Gasteiger partial charge in [0.2, 0.25) is 0 Å². The first-order valence-corrected chi connectivity index (χ1v) is 7.43. The summed E-state index contributed by atoms with van der Waals surface area (Å²) in [6, 6.07) is 8.38. The van der Waals surface area contributed by atoms with E-state index in [1.807, 2.05) is 31.3 Å². The Bertz CT molecular complexity index is 440. The molecule has 2 unspecified atom stereocenters. The van der Waals surface area contributed by atoms with E-state index in [1.165, 1.54) is 18.4 Å². The molecule has 1 fully saturated rings. The van der Waals surface area contributed by atoms with Crippen molar-refractivity contribution in [1.29, 1.82) is 0 Å². The molecular weight excluding hydrogens is 250 g/mol. The molecule has 1 aliphatic carbocycles. The second-order valence-electron chi connectivity index (χ2n) is 5.81. The van der Waals surface area contributed by atoms with E-state index in [0.29, 0.717) is 6.04 Å². The van der Waals surface area contributed by atoms with E-state index in [2.05, 4.69) is 29.8 Å². The highest BCUT2D eigenvalue weighted by atomic mass is 16.2. The summed E-state index contributed by atoms with van der Waals surface area (Å²) >= 11 is 0. The highest BCUT2D eigenvalue weighted by Crippen LogP contribution is 2.33. The van der Waals surface area contributed by atoms with Crippen molar-refractivity contribution in [3.63, 3.8) is 0 Å². The van der Waals surface area contributed by atoms with E-state index in [0.717, 1.165) is 18.0 Å². The maximum absolute atomic E-state index is 11.9. The SMILES string of the molecule is CNC(C)c1ccc(NC(=O)NC(C)CC2CC2)cc1. The molecule has 0 aromatic heterocycles. The molecule has 1 saturated carbocycles. The number of hydrogen-bond donors (Lipinski definition) is 3. The Labute approximate surface area is 121 Å². The number of hydrogen-bond acceptors (Lipinski definition) is 2. The fourth-order valence-corrected chi connectivity index (χ4v) is 2.33. The lowest BCUT2D eigenvalue weighted by Gasteiger charge is -2.15. The molecule has 4 nitrogen and oxygen atoms in total. The van der Waals surface area contributed by atoms with Crippen molar-refractivity contribution in [3.05, 3.63) is 29.8 Å². The minimum atomic E-state index is -0.118. The maximum atomic E-state index is 11.9. The van der Waals surface area contributed by atoms with E-state index in [1.54, 1.807) is 0 Å². The number of urea groups is 1. The van der Waals surface area contributed by atoms with E-state index >= 15 is 0 Å². The summed E-state index contributed by atoms with van der Waals surface area (Å²) in [6.45, 7) is 4.17. The standard InChI is InChI=1S/C16H25N3O/c1-11(10-13-4-5-13)18-16(20)19-15-8-6-14(7-9-15)12(2)17-3/h6-9,11-13,17H,4-5,10H2,1-3H3,(H2,18,19,20). The van der Waals surface area contributed by atoms with Gasteiger partial charge in [-0.25, -0.2) is 4.79 Å². The first-order valence-electron chi connectivity index (χ1n) is 7.43. The molecule has 2 amide bonds. The highest BCUT2D eigenvalue weighted by Gasteiger charge is 2.24. The molecule has 110 valence electrons. The van der Waals surface area contributed by atoms with Crippen molar-refractivity contribution >= 4 is 11.7 Å². The van der Waals surface area contributed by atoms with Gasteiger partial charge in [0.25, 0.3) is 0 Å². The Morgan fingerprint density at radius 1 is 1.25 bits per heavy atom. The lowest BCUT2D eigenvalue weighted by Crippen LogP contribution is -2.36. The maximum Gasteiger partial charge on any atom is 0.319 e. The van der Waals surface area contributed by atoms with Crippen LogP contribution in [0, 0.1) is 5.92 Å². The average molecular weight is 275 g/mol. The zero-order valence-corrected chi connectivity index (χ0v) is 12.6. The Kier molecular flexibility index (Phi) is 5.01. The van der Waals surface area contributed by atoms with Gasteiger partial charge in [0.05, 0.1) is 0 Å². The van der Waals surface area contributed by atoms with Crippen LogP contribution in [-0.2, 0) is 0 Å². The Morgan fingerprint density at radius 2 is 1.90 bits per heavy atom. The van der Waals surface area contributed by atoms with Crippen LogP contribution in [0.4, 0.5) is 10.5 Å². The zero-order chi connectivity index (χ0) is 14.5. The van der Waals surface area contributed by atoms with Crippen LogP contribution in [0.1, 0.15) is 44.7 Å². The lowest BCUT2D eigenvalue weighted by atomic mass is 10.1. The van der Waals surface area contributed by atoms with Gasteiger partial charge in [0.15, 0.2) is 0 Å². The van der Waals surface area contributed by atoms with Crippen molar-refractivity contribution < 1.29 is 4.79 Å². The molecule has 0 radical (unpaired) electrons. The molecule has 1 aromatic rings. The van der Waals surface area contributed by atoms with Gasteiger partial charge in [-0.1, -0.05) is 25.0 Å². The molecular formula is C16H25N3O. The van der Waals surface area contributed by atoms with Crippen LogP contribution in [0.3, 0.4) is 0 Å². The van der Waals surface area contributed by atoms with Crippen LogP contribution in [-0.4, -0.2) is 19.1 Å². The van der Waals surface area contributed by atoms with Gasteiger partial charge in [0, 0.05) is 17.8 Å². The Balaban J connectivity index is 1.80. The van der Waals surface area contributed by atoms with Crippen LogP contribution < -0.4 is 16.0 Å². The molecule has 20 heavy (non-hydrogen) atoms. The minimum Gasteiger partial charge on any atom is -0.335 e. The van der Waals surface area contributed by atoms with Crippen molar-refractivity contribution in [1.82, 2.24) is 10.6 Å². The largest absolute Gasteiger partial charge is 0.335 e. The predicted octanol–water partition coefficient (Wildman–Crippen LogP) is 3.28. The molecule has 0 heterocycles. The molecule has 0 saturated heterocycles. The van der Waals surface area contributed by atoms with Crippen molar-refractivity contribution in [2.75, 3.05) is 12.4 Å². The number of carbonyl (C=O) groups is 1. The smallest absolute Gasteiger partial charge is 0.319 e. The summed E-state index contributed by atoms with van der Waals surface area (Å²) in [5.41, 5.74) is 2.04. The van der Waals surface area contributed by atoms with E-state index in [4.69, 9.17) is 0 Å². The van der Waals surface area contributed by atoms with Gasteiger partial charge < -0.3 is 16.0 Å². The predicted molar refractivity (Wildman–Crippen MR) is 82.9 cm³/mol. The second kappa shape index (κ2) is 6.75. The summed E-state index contributed by atoms with van der Waals surface area (Å²) in [5.74, 6) is 0.826. The zero-order valence-electron chi connectivity index (χ0n) is 12.6. The first-order chi connectivity index (χ1) is 9.58. The number of nitrogens with one attached hydrogen (secondary N) is 3. The van der Waals surface area contributed by atoms with Gasteiger partial charge in [-0.05, 0) is 50.9 Å². The topological polar surface area (TPSA) is 53.2 Å². The summed E-state index contributed by atoms with van der Waals surface area (Å²) in [7, 11) is 1.94. The van der Waals surface area contributed by atoms with Gasteiger partial charge >= 0.3 is 6.03 Å². The molecule has 3 N–H and O–H groups in total. The van der Waals surface area contributed by atoms with Crippen LogP contribution in [0.5, 0.6) is 0 Å². The highest BCUT2D eigenvalue weighted by molar-refractivity contribution is 5.89. The number of rotatable bonds is 6. The molecule has 0 bridgehead atoms. The summed E-state index contributed by atoms with van der Waals surface area (Å²) < 4.78 is 0. The second-order valence-corrected chi connectivity index (χ2v) is 5.81. The van der Waals surface area contributed by atoms with Crippen molar-refractivity contribution in [2.24, 2.45) is 5.92 Å². The Hall–Kier alpha value is -1.55. The minimum absolute atomic E-state index is 0.118. The third-order valence-electron chi connectivity index (χ3n) is 3.86. The number of amides is 2. The summed E-state index contributed by atoms with van der Waals surface area (Å²) in [6.07, 6.45) is 3.73. The fraction of sp³-hybridized carbons (Fsp3) is 0.562. The van der Waals surface area contributed by atoms with Crippen LogP contribution >= 0.6 is 0 Å². The number of carbonyl (C=O) groups excluding carboxylic acids is 1. The van der Waals surface area contributed by atoms with E-state index in [9.17, 15) is 4.79 Å². The quantitative estimate of drug-likeness (QED) is 0.746. The normalized spacial score (nSPS) is 17.4. The molecule has 2 atom stereocenters. The van der Waals surface area contributed by atoms with Crippen LogP contribution in [0.2, 0.25) is 0 Å². The monoisotopic (exact) mass is 275 g/mol. The van der Waals surface area contributed by atoms with E-state index in [-0.39, 0.29) is 12.1 Å². The molecule has 1 aromatic carbocycles. The molecule has 1 aliphatic rings. The van der Waals surface area contributed by atoms with Crippen LogP contribution in [0.15, 0.2) is 24.3 Å². The summed E-state index contributed by atoms with van der Waals surface area (Å²) in [5, 5.41) is 9.06. The molecule has 0 spiro atoms. The molecule has 0 aliphatic heterocycles. The third-order valence-corrected chi connectivity index (χ3v) is 3.86. The Morgan fingerprint density at radius 3 is 2.45 bits per heavy atom. The fourth-order valence-electron chi connectivity index (χ4n) is 2.33. The summed E-state index contributed by atoms with van der Waals surface area (Å²) in [4.78, 5) is 11.9. The first kappa shape index (κ1) is 14.9. The van der Waals surface area contributed by atoms with Crippen LogP contribution in [0.25, 0.3) is 0 Å². The third kappa shape index (κ3) is 4.53. The van der Waals surface area contributed by atoms with Gasteiger partial charge in [-0.2, -0.15) is 0 Å². The van der Waals surface area contributed by atoms with Gasteiger partial charge in [0.1, 0.15) is 0 Å². The number of anilines is 1. The van der Waals surface area contributed by atoms with Gasteiger partial charge in [-0.3, -0.25) is 0 Å². The van der Waals surface area contributed by atoms with Crippen molar-refractivity contribution in [2.45, 2.75) is 45.2 Å². The molecule has 2 rings (SSSR count). The van der Waals surface area contributed by atoms with Crippen molar-refractivity contribution in [3.8, 4) is 0 Å². The lowest BCUT2D eigenvalue weighted by molar-refractivity contribution is 0.248.